The lowest BCUT2D eigenvalue weighted by atomic mass is 10.1. The number of halogens is 2. The quantitative estimate of drug-likeness (QED) is 0.895. The van der Waals surface area contributed by atoms with Gasteiger partial charge in [0.25, 0.3) is 0 Å². The molecule has 0 atom stereocenters. The summed E-state index contributed by atoms with van der Waals surface area (Å²) in [5, 5.41) is 4.19. The molecule has 92 valence electrons. The highest BCUT2D eigenvalue weighted by Crippen LogP contribution is 2.22. The second-order valence-corrected chi connectivity index (χ2v) is 5.31. The second-order valence-electron chi connectivity index (χ2n) is 4.46. The Morgan fingerprint density at radius 1 is 1.29 bits per heavy atom. The van der Waals surface area contributed by atoms with Gasteiger partial charge in [-0.05, 0) is 30.5 Å². The van der Waals surface area contributed by atoms with Gasteiger partial charge in [0, 0.05) is 16.1 Å². The number of rotatable bonds is 3. The number of carbonyl (C=O) groups is 1. The van der Waals surface area contributed by atoms with E-state index in [1.54, 1.807) is 18.2 Å². The number of hydrogen-bond acceptors (Lipinski definition) is 1. The molecular weight excluding hydrogens is 257 g/mol. The Morgan fingerprint density at radius 2 is 2.00 bits per heavy atom. The van der Waals surface area contributed by atoms with Gasteiger partial charge in [-0.15, -0.1) is 0 Å². The number of benzene rings is 1. The summed E-state index contributed by atoms with van der Waals surface area (Å²) >= 11 is 11.8. The molecule has 2 nitrogen and oxygen atoms in total. The molecule has 0 radical (unpaired) electrons. The van der Waals surface area contributed by atoms with Crippen LogP contribution in [0.25, 0.3) is 0 Å². The Balaban J connectivity index is 1.93. The SMILES string of the molecule is O=C(Cc1ccc(Cl)cc1Cl)NC1CCCC1. The molecule has 1 aliphatic rings. The summed E-state index contributed by atoms with van der Waals surface area (Å²) < 4.78 is 0. The molecule has 0 heterocycles. The Labute approximate surface area is 111 Å². The smallest absolute Gasteiger partial charge is 0.224 e. The first-order valence-electron chi connectivity index (χ1n) is 5.88. The highest BCUT2D eigenvalue weighted by atomic mass is 35.5. The molecule has 1 N–H and O–H groups in total. The number of carbonyl (C=O) groups excluding carboxylic acids is 1. The fourth-order valence-electron chi connectivity index (χ4n) is 2.19. The number of hydrogen-bond donors (Lipinski definition) is 1. The highest BCUT2D eigenvalue weighted by molar-refractivity contribution is 6.35. The van der Waals surface area contributed by atoms with E-state index in [-0.39, 0.29) is 5.91 Å². The third-order valence-corrected chi connectivity index (χ3v) is 3.67. The van der Waals surface area contributed by atoms with Crippen LogP contribution in [0.3, 0.4) is 0 Å². The van der Waals surface area contributed by atoms with E-state index in [2.05, 4.69) is 5.32 Å². The lowest BCUT2D eigenvalue weighted by Crippen LogP contribution is -2.33. The fraction of sp³-hybridized carbons (Fsp3) is 0.462. The van der Waals surface area contributed by atoms with Crippen molar-refractivity contribution in [3.05, 3.63) is 33.8 Å². The predicted octanol–water partition coefficient (Wildman–Crippen LogP) is 3.59. The van der Waals surface area contributed by atoms with E-state index in [9.17, 15) is 4.79 Å². The van der Waals surface area contributed by atoms with Crippen LogP contribution in [0.15, 0.2) is 18.2 Å². The summed E-state index contributed by atoms with van der Waals surface area (Å²) in [7, 11) is 0. The molecule has 0 spiro atoms. The first kappa shape index (κ1) is 12.7. The van der Waals surface area contributed by atoms with Crippen molar-refractivity contribution in [2.75, 3.05) is 0 Å². The van der Waals surface area contributed by atoms with E-state index in [0.717, 1.165) is 18.4 Å². The van der Waals surface area contributed by atoms with Crippen LogP contribution in [0.2, 0.25) is 10.0 Å². The van der Waals surface area contributed by atoms with Crippen LogP contribution in [0, 0.1) is 0 Å². The Hall–Kier alpha value is -0.730. The average Bonchev–Trinajstić information content (AvgIpc) is 2.75. The lowest BCUT2D eigenvalue weighted by molar-refractivity contribution is -0.121. The lowest BCUT2D eigenvalue weighted by Gasteiger charge is -2.12. The number of nitrogens with one attached hydrogen (secondary N) is 1. The van der Waals surface area contributed by atoms with E-state index in [4.69, 9.17) is 23.2 Å². The van der Waals surface area contributed by atoms with Crippen LogP contribution < -0.4 is 5.32 Å². The monoisotopic (exact) mass is 271 g/mol. The zero-order valence-electron chi connectivity index (χ0n) is 9.51. The van der Waals surface area contributed by atoms with Crippen molar-refractivity contribution in [3.8, 4) is 0 Å². The summed E-state index contributed by atoms with van der Waals surface area (Å²) in [6.07, 6.45) is 4.95. The molecule has 0 saturated heterocycles. The summed E-state index contributed by atoms with van der Waals surface area (Å²) in [4.78, 5) is 11.8. The van der Waals surface area contributed by atoms with E-state index in [1.165, 1.54) is 12.8 Å². The maximum Gasteiger partial charge on any atom is 0.224 e. The minimum absolute atomic E-state index is 0.0427. The van der Waals surface area contributed by atoms with Gasteiger partial charge in [-0.3, -0.25) is 4.79 Å². The third-order valence-electron chi connectivity index (χ3n) is 3.09. The molecule has 1 saturated carbocycles. The van der Waals surface area contributed by atoms with Crippen LogP contribution >= 0.6 is 23.2 Å². The Bertz CT molecular complexity index is 414. The van der Waals surface area contributed by atoms with E-state index >= 15 is 0 Å². The van der Waals surface area contributed by atoms with Crippen molar-refractivity contribution in [1.82, 2.24) is 5.32 Å². The Kier molecular flexibility index (Phi) is 4.30. The van der Waals surface area contributed by atoms with Crippen molar-refractivity contribution in [2.45, 2.75) is 38.1 Å². The van der Waals surface area contributed by atoms with Crippen molar-refractivity contribution in [3.63, 3.8) is 0 Å². The largest absolute Gasteiger partial charge is 0.353 e. The molecule has 0 unspecified atom stereocenters. The molecule has 0 bridgehead atoms. The van der Waals surface area contributed by atoms with Gasteiger partial charge in [-0.25, -0.2) is 0 Å². The molecule has 0 aliphatic heterocycles. The standard InChI is InChI=1S/C13H15Cl2NO/c14-10-6-5-9(12(15)8-10)7-13(17)16-11-3-1-2-4-11/h5-6,8,11H,1-4,7H2,(H,16,17). The molecule has 2 rings (SSSR count). The first-order chi connectivity index (χ1) is 8.15. The summed E-state index contributed by atoms with van der Waals surface area (Å²) in [5.74, 6) is 0.0427. The van der Waals surface area contributed by atoms with Crippen LogP contribution in [0.4, 0.5) is 0 Å². The third kappa shape index (κ3) is 3.62. The van der Waals surface area contributed by atoms with Crippen molar-refractivity contribution >= 4 is 29.1 Å². The highest BCUT2D eigenvalue weighted by Gasteiger charge is 2.17. The van der Waals surface area contributed by atoms with Crippen molar-refractivity contribution in [2.24, 2.45) is 0 Å². The zero-order valence-corrected chi connectivity index (χ0v) is 11.0. The normalized spacial score (nSPS) is 16.1. The molecule has 1 aromatic carbocycles. The van der Waals surface area contributed by atoms with Gasteiger partial charge in [-0.2, -0.15) is 0 Å². The van der Waals surface area contributed by atoms with Crippen molar-refractivity contribution in [1.29, 1.82) is 0 Å². The topological polar surface area (TPSA) is 29.1 Å². The summed E-state index contributed by atoms with van der Waals surface area (Å²) in [6.45, 7) is 0. The maximum atomic E-state index is 11.8. The fourth-order valence-corrected chi connectivity index (χ4v) is 2.66. The van der Waals surface area contributed by atoms with Gasteiger partial charge >= 0.3 is 0 Å². The number of amides is 1. The molecular formula is C13H15Cl2NO. The average molecular weight is 272 g/mol. The van der Waals surface area contributed by atoms with Crippen LogP contribution in [-0.4, -0.2) is 11.9 Å². The van der Waals surface area contributed by atoms with E-state index in [1.807, 2.05) is 0 Å². The van der Waals surface area contributed by atoms with Crippen LogP contribution in [0.1, 0.15) is 31.2 Å². The van der Waals surface area contributed by atoms with Crippen molar-refractivity contribution < 1.29 is 4.79 Å². The van der Waals surface area contributed by atoms with Crippen LogP contribution in [0.5, 0.6) is 0 Å². The van der Waals surface area contributed by atoms with Gasteiger partial charge in [0.2, 0.25) is 5.91 Å². The van der Waals surface area contributed by atoms with Gasteiger partial charge in [0.15, 0.2) is 0 Å². The molecule has 4 heteroatoms. The zero-order chi connectivity index (χ0) is 12.3. The predicted molar refractivity (Wildman–Crippen MR) is 70.6 cm³/mol. The first-order valence-corrected chi connectivity index (χ1v) is 6.64. The molecule has 0 aromatic heterocycles. The van der Waals surface area contributed by atoms with Gasteiger partial charge in [0.05, 0.1) is 6.42 Å². The molecule has 1 aromatic rings. The van der Waals surface area contributed by atoms with E-state index < -0.39 is 0 Å². The summed E-state index contributed by atoms with van der Waals surface area (Å²) in [6, 6.07) is 5.58. The van der Waals surface area contributed by atoms with E-state index in [0.29, 0.717) is 22.5 Å². The van der Waals surface area contributed by atoms with Gasteiger partial charge < -0.3 is 5.32 Å². The van der Waals surface area contributed by atoms with Gasteiger partial charge in [-0.1, -0.05) is 42.1 Å². The minimum Gasteiger partial charge on any atom is -0.353 e. The molecule has 1 aliphatic carbocycles. The minimum atomic E-state index is 0.0427. The van der Waals surface area contributed by atoms with Gasteiger partial charge in [0.1, 0.15) is 0 Å². The maximum absolute atomic E-state index is 11.8. The Morgan fingerprint density at radius 3 is 2.65 bits per heavy atom. The molecule has 17 heavy (non-hydrogen) atoms. The summed E-state index contributed by atoms with van der Waals surface area (Å²) in [5.41, 5.74) is 0.826. The second kappa shape index (κ2) is 5.74. The molecule has 1 amide bonds. The molecule has 1 fully saturated rings. The van der Waals surface area contributed by atoms with Crippen LogP contribution in [-0.2, 0) is 11.2 Å².